The number of rotatable bonds is 7. The summed E-state index contributed by atoms with van der Waals surface area (Å²) in [5.41, 5.74) is 3.37. The van der Waals surface area contributed by atoms with Gasteiger partial charge in [0.15, 0.2) is 0 Å². The molecule has 3 aromatic rings. The predicted molar refractivity (Wildman–Crippen MR) is 136 cm³/mol. The Morgan fingerprint density at radius 3 is 2.76 bits per heavy atom. The molecule has 0 aromatic heterocycles. The first-order chi connectivity index (χ1) is 18.3. The number of benzene rings is 3. The molecule has 1 amide bonds. The minimum atomic E-state index is -4.58. The Balaban J connectivity index is 1.24. The molecule has 0 bridgehead atoms. The van der Waals surface area contributed by atoms with Crippen LogP contribution in [0.3, 0.4) is 0 Å². The summed E-state index contributed by atoms with van der Waals surface area (Å²) in [7, 11) is 0. The predicted octanol–water partition coefficient (Wildman–Crippen LogP) is 5.97. The second-order valence-corrected chi connectivity index (χ2v) is 9.78. The molecule has 1 N–H and O–H groups in total. The number of carbonyl (C=O) groups excluding carboxylic acids is 1. The van der Waals surface area contributed by atoms with Crippen molar-refractivity contribution in [2.75, 3.05) is 30.0 Å². The Kier molecular flexibility index (Phi) is 6.39. The number of amides is 1. The molecule has 3 aliphatic heterocycles. The monoisotopic (exact) mass is 524 g/mol. The zero-order valence-electron chi connectivity index (χ0n) is 20.6. The molecule has 0 radical (unpaired) electrons. The van der Waals surface area contributed by atoms with Crippen molar-refractivity contribution in [1.29, 1.82) is 0 Å². The van der Waals surface area contributed by atoms with Gasteiger partial charge in [0, 0.05) is 37.0 Å². The molecule has 1 unspecified atom stereocenters. The standard InChI is InChI=1S/C29H27F3N2O4/c30-29(31,32)21-12-22(14-24(13-21)38-17-23-4-2-9-36-23)34-16-20-3-1-5-25(27(20)28(34)35)33-15-18-6-7-26-19(11-18)8-10-37-26/h1,3,5-7,11-14,23,33H,2,4,8-10,15-17H2. The van der Waals surface area contributed by atoms with Gasteiger partial charge in [-0.3, -0.25) is 4.79 Å². The average Bonchev–Trinajstić information content (AvgIpc) is 3.66. The lowest BCUT2D eigenvalue weighted by atomic mass is 10.1. The molecule has 3 aliphatic rings. The van der Waals surface area contributed by atoms with Gasteiger partial charge in [0.1, 0.15) is 18.1 Å². The van der Waals surface area contributed by atoms with E-state index in [2.05, 4.69) is 11.4 Å². The fourth-order valence-electron chi connectivity index (χ4n) is 5.22. The van der Waals surface area contributed by atoms with E-state index in [1.165, 1.54) is 11.0 Å². The quantitative estimate of drug-likeness (QED) is 0.413. The van der Waals surface area contributed by atoms with Crippen LogP contribution in [0.5, 0.6) is 11.5 Å². The number of anilines is 2. The Morgan fingerprint density at radius 2 is 1.95 bits per heavy atom. The minimum absolute atomic E-state index is 0.0630. The van der Waals surface area contributed by atoms with Crippen molar-refractivity contribution in [3.63, 3.8) is 0 Å². The van der Waals surface area contributed by atoms with Crippen molar-refractivity contribution in [2.45, 2.75) is 44.6 Å². The largest absolute Gasteiger partial charge is 0.493 e. The van der Waals surface area contributed by atoms with Crippen LogP contribution in [0.25, 0.3) is 0 Å². The van der Waals surface area contributed by atoms with Crippen molar-refractivity contribution < 1.29 is 32.2 Å². The molecule has 6 rings (SSSR count). The third kappa shape index (κ3) is 4.90. The minimum Gasteiger partial charge on any atom is -0.493 e. The molecule has 3 aromatic carbocycles. The number of hydrogen-bond donors (Lipinski definition) is 1. The first-order valence-corrected chi connectivity index (χ1v) is 12.7. The Hall–Kier alpha value is -3.72. The van der Waals surface area contributed by atoms with Gasteiger partial charge in [-0.05, 0) is 53.8 Å². The molecule has 0 aliphatic carbocycles. The topological polar surface area (TPSA) is 60.0 Å². The van der Waals surface area contributed by atoms with Gasteiger partial charge >= 0.3 is 6.18 Å². The van der Waals surface area contributed by atoms with Gasteiger partial charge in [0.25, 0.3) is 5.91 Å². The van der Waals surface area contributed by atoms with E-state index in [1.807, 2.05) is 30.3 Å². The number of alkyl halides is 3. The highest BCUT2D eigenvalue weighted by atomic mass is 19.4. The molecule has 6 nitrogen and oxygen atoms in total. The molecular weight excluding hydrogens is 497 g/mol. The summed E-state index contributed by atoms with van der Waals surface area (Å²) in [6.45, 7) is 2.14. The van der Waals surface area contributed by atoms with Crippen molar-refractivity contribution in [3.05, 3.63) is 82.4 Å². The van der Waals surface area contributed by atoms with Crippen LogP contribution in [0.1, 0.15) is 45.5 Å². The highest BCUT2D eigenvalue weighted by Crippen LogP contribution is 2.39. The van der Waals surface area contributed by atoms with Crippen molar-refractivity contribution in [3.8, 4) is 11.5 Å². The van der Waals surface area contributed by atoms with Gasteiger partial charge in [-0.25, -0.2) is 0 Å². The summed E-state index contributed by atoms with van der Waals surface area (Å²) in [5, 5.41) is 3.35. The van der Waals surface area contributed by atoms with E-state index >= 15 is 0 Å². The number of halogens is 3. The normalized spacial score (nSPS) is 18.3. The molecule has 0 saturated carbocycles. The fraction of sp³-hybridized carbons (Fsp3) is 0.345. The maximum atomic E-state index is 13.7. The van der Waals surface area contributed by atoms with Crippen LogP contribution in [0.15, 0.2) is 54.6 Å². The van der Waals surface area contributed by atoms with Crippen molar-refractivity contribution >= 4 is 17.3 Å². The molecule has 3 heterocycles. The summed E-state index contributed by atoms with van der Waals surface area (Å²) in [6, 6.07) is 15.0. The van der Waals surface area contributed by atoms with Crippen LogP contribution in [-0.2, 0) is 30.4 Å². The second-order valence-electron chi connectivity index (χ2n) is 9.78. The Labute approximate surface area is 218 Å². The summed E-state index contributed by atoms with van der Waals surface area (Å²) >= 11 is 0. The van der Waals surface area contributed by atoms with Crippen LogP contribution in [-0.4, -0.2) is 31.8 Å². The van der Waals surface area contributed by atoms with Gasteiger partial charge in [-0.1, -0.05) is 24.3 Å². The van der Waals surface area contributed by atoms with Crippen LogP contribution in [0.4, 0.5) is 24.5 Å². The molecule has 1 atom stereocenters. The molecule has 9 heteroatoms. The molecule has 0 spiro atoms. The first-order valence-electron chi connectivity index (χ1n) is 12.7. The smallest absolute Gasteiger partial charge is 0.416 e. The zero-order chi connectivity index (χ0) is 26.3. The van der Waals surface area contributed by atoms with Crippen LogP contribution in [0.2, 0.25) is 0 Å². The zero-order valence-corrected chi connectivity index (χ0v) is 20.6. The van der Waals surface area contributed by atoms with Gasteiger partial charge in [-0.2, -0.15) is 13.2 Å². The summed E-state index contributed by atoms with van der Waals surface area (Å²) in [5.74, 6) is 0.614. The SMILES string of the molecule is O=C1c2c(cccc2NCc2ccc3c(c2)CCO3)CN1c1cc(OCC2CCCO2)cc(C(F)(F)F)c1. The number of carbonyl (C=O) groups is 1. The highest BCUT2D eigenvalue weighted by molar-refractivity contribution is 6.13. The van der Waals surface area contributed by atoms with Gasteiger partial charge in [0.05, 0.1) is 30.4 Å². The van der Waals surface area contributed by atoms with E-state index in [4.69, 9.17) is 14.2 Å². The summed E-state index contributed by atoms with van der Waals surface area (Å²) in [6.07, 6.45) is -2.15. The second kappa shape index (κ2) is 9.87. The Bertz CT molecular complexity index is 1370. The van der Waals surface area contributed by atoms with E-state index < -0.39 is 11.7 Å². The van der Waals surface area contributed by atoms with Crippen molar-refractivity contribution in [1.82, 2.24) is 0 Å². The third-order valence-corrected chi connectivity index (χ3v) is 7.17. The lowest BCUT2D eigenvalue weighted by Crippen LogP contribution is -2.24. The molecule has 198 valence electrons. The van der Waals surface area contributed by atoms with E-state index in [1.54, 1.807) is 0 Å². The molecule has 1 saturated heterocycles. The maximum Gasteiger partial charge on any atom is 0.416 e. The van der Waals surface area contributed by atoms with Crippen LogP contribution < -0.4 is 19.7 Å². The average molecular weight is 525 g/mol. The summed E-state index contributed by atoms with van der Waals surface area (Å²) in [4.78, 5) is 14.9. The van der Waals surface area contributed by atoms with E-state index in [0.717, 1.165) is 53.8 Å². The van der Waals surface area contributed by atoms with Gasteiger partial charge < -0.3 is 24.4 Å². The summed E-state index contributed by atoms with van der Waals surface area (Å²) < 4.78 is 58.0. The van der Waals surface area contributed by atoms with Crippen LogP contribution >= 0.6 is 0 Å². The number of hydrogen-bond acceptors (Lipinski definition) is 5. The Morgan fingerprint density at radius 1 is 1.05 bits per heavy atom. The third-order valence-electron chi connectivity index (χ3n) is 7.17. The molecule has 1 fully saturated rings. The number of nitrogens with zero attached hydrogens (tertiary/aromatic N) is 1. The van der Waals surface area contributed by atoms with Gasteiger partial charge in [-0.15, -0.1) is 0 Å². The van der Waals surface area contributed by atoms with E-state index in [-0.39, 0.29) is 36.6 Å². The highest BCUT2D eigenvalue weighted by Gasteiger charge is 2.35. The van der Waals surface area contributed by atoms with E-state index in [0.29, 0.717) is 31.0 Å². The lowest BCUT2D eigenvalue weighted by molar-refractivity contribution is -0.137. The van der Waals surface area contributed by atoms with E-state index in [9.17, 15) is 18.0 Å². The van der Waals surface area contributed by atoms with Gasteiger partial charge in [0.2, 0.25) is 0 Å². The number of nitrogens with one attached hydrogen (secondary N) is 1. The lowest BCUT2D eigenvalue weighted by Gasteiger charge is -2.20. The molecular formula is C29H27F3N2O4. The van der Waals surface area contributed by atoms with Crippen LogP contribution in [0, 0.1) is 0 Å². The maximum absolute atomic E-state index is 13.7. The molecule has 38 heavy (non-hydrogen) atoms. The number of fused-ring (bicyclic) bond motifs is 2. The van der Waals surface area contributed by atoms with Crippen molar-refractivity contribution in [2.24, 2.45) is 0 Å². The number of ether oxygens (including phenoxy) is 3. The fourth-order valence-corrected chi connectivity index (χ4v) is 5.22. The first kappa shape index (κ1) is 24.6.